The van der Waals surface area contributed by atoms with Crippen LogP contribution in [0, 0.1) is 10.1 Å². The number of nitrogens with zero attached hydrogens (tertiary/aromatic N) is 1. The van der Waals surface area contributed by atoms with Crippen LogP contribution in [0.2, 0.25) is 0 Å². The van der Waals surface area contributed by atoms with Gasteiger partial charge in [-0.1, -0.05) is 13.0 Å². The van der Waals surface area contributed by atoms with E-state index in [1.54, 1.807) is 6.92 Å². The first kappa shape index (κ1) is 15.1. The summed E-state index contributed by atoms with van der Waals surface area (Å²) in [7, 11) is 0. The Balaban J connectivity index is 3.42. The van der Waals surface area contributed by atoms with Crippen molar-refractivity contribution in [3.63, 3.8) is 0 Å². The quantitative estimate of drug-likeness (QED) is 0.621. The molecule has 1 aromatic rings. The Kier molecular flexibility index (Phi) is 4.28. The predicted octanol–water partition coefficient (Wildman–Crippen LogP) is 3.70. The number of nitro groups is 1. The van der Waals surface area contributed by atoms with Crippen molar-refractivity contribution >= 4 is 11.5 Å². The van der Waals surface area contributed by atoms with Crippen molar-refractivity contribution in [3.05, 3.63) is 39.4 Å². The number of hydrogen-bond acceptors (Lipinski definition) is 3. The molecule has 0 radical (unpaired) electrons. The second kappa shape index (κ2) is 5.38. The van der Waals surface area contributed by atoms with Gasteiger partial charge in [0.15, 0.2) is 0 Å². The van der Waals surface area contributed by atoms with Gasteiger partial charge >= 0.3 is 6.18 Å². The number of carbonyl (C=O) groups excluding carboxylic acids is 1. The molecule has 1 atom stereocenters. The third-order valence-electron chi connectivity index (χ3n) is 2.83. The van der Waals surface area contributed by atoms with Crippen LogP contribution in [0.5, 0.6) is 0 Å². The van der Waals surface area contributed by atoms with Crippen LogP contribution in [0.15, 0.2) is 18.2 Å². The van der Waals surface area contributed by atoms with Crippen LogP contribution in [0.25, 0.3) is 0 Å². The van der Waals surface area contributed by atoms with Crippen LogP contribution < -0.4 is 0 Å². The minimum atomic E-state index is -4.65. The van der Waals surface area contributed by atoms with E-state index < -0.39 is 28.3 Å². The zero-order valence-corrected chi connectivity index (χ0v) is 10.3. The fourth-order valence-corrected chi connectivity index (χ4v) is 1.90. The van der Waals surface area contributed by atoms with Gasteiger partial charge in [-0.2, -0.15) is 13.2 Å². The summed E-state index contributed by atoms with van der Waals surface area (Å²) in [5.41, 5.74) is -1.74. The summed E-state index contributed by atoms with van der Waals surface area (Å²) in [6.45, 7) is 2.91. The van der Waals surface area contributed by atoms with Crippen molar-refractivity contribution in [2.75, 3.05) is 0 Å². The first-order valence-electron chi connectivity index (χ1n) is 5.54. The smallest absolute Gasteiger partial charge is 0.299 e. The van der Waals surface area contributed by atoms with Crippen LogP contribution in [0.4, 0.5) is 18.9 Å². The molecule has 0 spiro atoms. The molecule has 0 saturated heterocycles. The van der Waals surface area contributed by atoms with E-state index in [1.165, 1.54) is 6.92 Å². The number of ketones is 1. The summed E-state index contributed by atoms with van der Waals surface area (Å²) >= 11 is 0. The Labute approximate surface area is 107 Å². The highest BCUT2D eigenvalue weighted by molar-refractivity contribution is 5.84. The molecule has 104 valence electrons. The molecular weight excluding hydrogens is 263 g/mol. The van der Waals surface area contributed by atoms with E-state index in [2.05, 4.69) is 0 Å². The zero-order chi connectivity index (χ0) is 14.8. The number of alkyl halides is 3. The summed E-state index contributed by atoms with van der Waals surface area (Å²) in [5.74, 6) is -1.08. The molecule has 1 aromatic carbocycles. The molecule has 0 bridgehead atoms. The maximum atomic E-state index is 12.5. The Hall–Kier alpha value is -1.92. The highest BCUT2D eigenvalue weighted by Gasteiger charge is 2.34. The van der Waals surface area contributed by atoms with E-state index in [0.29, 0.717) is 12.5 Å². The van der Waals surface area contributed by atoms with Crippen molar-refractivity contribution in [2.45, 2.75) is 32.4 Å². The third kappa shape index (κ3) is 3.30. The van der Waals surface area contributed by atoms with Gasteiger partial charge < -0.3 is 0 Å². The zero-order valence-electron chi connectivity index (χ0n) is 10.3. The van der Waals surface area contributed by atoms with Gasteiger partial charge in [0.1, 0.15) is 5.78 Å². The fourth-order valence-electron chi connectivity index (χ4n) is 1.90. The Morgan fingerprint density at radius 2 is 2.00 bits per heavy atom. The second-order valence-electron chi connectivity index (χ2n) is 4.10. The second-order valence-corrected chi connectivity index (χ2v) is 4.10. The topological polar surface area (TPSA) is 60.2 Å². The highest BCUT2D eigenvalue weighted by atomic mass is 19.4. The van der Waals surface area contributed by atoms with E-state index in [1.807, 2.05) is 0 Å². The molecule has 4 nitrogen and oxygen atoms in total. The summed E-state index contributed by atoms with van der Waals surface area (Å²) in [6, 6.07) is 2.24. The molecule has 0 heterocycles. The van der Waals surface area contributed by atoms with Crippen LogP contribution in [-0.2, 0) is 11.0 Å². The van der Waals surface area contributed by atoms with Crippen LogP contribution in [-0.4, -0.2) is 10.7 Å². The molecular formula is C12H12F3NO3. The lowest BCUT2D eigenvalue weighted by molar-refractivity contribution is -0.385. The van der Waals surface area contributed by atoms with Gasteiger partial charge in [-0.25, -0.2) is 0 Å². The molecule has 0 amide bonds. The van der Waals surface area contributed by atoms with E-state index in [9.17, 15) is 28.1 Å². The summed E-state index contributed by atoms with van der Waals surface area (Å²) in [5, 5.41) is 10.9. The van der Waals surface area contributed by atoms with Crippen LogP contribution >= 0.6 is 0 Å². The van der Waals surface area contributed by atoms with Gasteiger partial charge in [0.05, 0.1) is 10.5 Å². The molecule has 1 rings (SSSR count). The molecule has 0 aliphatic carbocycles. The molecule has 19 heavy (non-hydrogen) atoms. The minimum absolute atomic E-state index is 0.0213. The van der Waals surface area contributed by atoms with Crippen LogP contribution in [0.3, 0.4) is 0 Å². The largest absolute Gasteiger partial charge is 0.416 e. The average Bonchev–Trinajstić information content (AvgIpc) is 2.28. The Morgan fingerprint density at radius 3 is 2.37 bits per heavy atom. The van der Waals surface area contributed by atoms with Crippen molar-refractivity contribution < 1.29 is 22.9 Å². The van der Waals surface area contributed by atoms with Crippen LogP contribution in [0.1, 0.15) is 37.3 Å². The lowest BCUT2D eigenvalue weighted by Crippen LogP contribution is -2.12. The molecule has 1 unspecified atom stereocenters. The van der Waals surface area contributed by atoms with E-state index in [4.69, 9.17) is 0 Å². The number of rotatable bonds is 4. The summed E-state index contributed by atoms with van der Waals surface area (Å²) in [6.07, 6.45) is -4.36. The maximum Gasteiger partial charge on any atom is 0.416 e. The van der Waals surface area contributed by atoms with E-state index in [0.717, 1.165) is 12.1 Å². The first-order valence-corrected chi connectivity index (χ1v) is 5.54. The third-order valence-corrected chi connectivity index (χ3v) is 2.83. The lowest BCUT2D eigenvalue weighted by Gasteiger charge is -2.14. The fraction of sp³-hybridized carbons (Fsp3) is 0.417. The monoisotopic (exact) mass is 275 g/mol. The molecule has 0 fully saturated rings. The number of halogens is 3. The predicted molar refractivity (Wildman–Crippen MR) is 61.8 cm³/mol. The number of nitro benzene ring substituents is 1. The van der Waals surface area contributed by atoms with Gasteiger partial charge in [0.2, 0.25) is 0 Å². The number of hydrogen-bond donors (Lipinski definition) is 0. The normalized spacial score (nSPS) is 13.1. The van der Waals surface area contributed by atoms with Gasteiger partial charge in [0, 0.05) is 17.5 Å². The van der Waals surface area contributed by atoms with Gasteiger partial charge in [-0.05, 0) is 19.4 Å². The Morgan fingerprint density at radius 1 is 1.42 bits per heavy atom. The molecule has 0 N–H and O–H groups in total. The molecule has 7 heteroatoms. The van der Waals surface area contributed by atoms with Crippen molar-refractivity contribution in [1.82, 2.24) is 0 Å². The minimum Gasteiger partial charge on any atom is -0.299 e. The summed E-state index contributed by atoms with van der Waals surface area (Å²) < 4.78 is 37.5. The number of carbonyl (C=O) groups is 1. The van der Waals surface area contributed by atoms with E-state index in [-0.39, 0.29) is 11.3 Å². The molecule has 0 aromatic heterocycles. The first-order chi connectivity index (χ1) is 8.68. The highest BCUT2D eigenvalue weighted by Crippen LogP contribution is 2.36. The van der Waals surface area contributed by atoms with Crippen molar-refractivity contribution in [1.29, 1.82) is 0 Å². The van der Waals surface area contributed by atoms with Crippen molar-refractivity contribution in [3.8, 4) is 0 Å². The molecule has 0 saturated carbocycles. The summed E-state index contributed by atoms with van der Waals surface area (Å²) in [4.78, 5) is 21.4. The maximum absolute atomic E-state index is 12.5. The number of Topliss-reactive ketones (excluding diaryl/α,β-unsaturated/α-hetero) is 1. The SMILES string of the molecule is CCC(C(C)=O)c1ccc(C(F)(F)F)cc1[N+](=O)[O-]. The Bertz CT molecular complexity index is 511. The molecule has 0 aliphatic heterocycles. The molecule has 0 aliphatic rings. The van der Waals surface area contributed by atoms with Gasteiger partial charge in [0.25, 0.3) is 5.69 Å². The van der Waals surface area contributed by atoms with Gasteiger partial charge in [-0.3, -0.25) is 14.9 Å². The standard InChI is InChI=1S/C12H12F3NO3/c1-3-9(7(2)17)10-5-4-8(12(13,14)15)6-11(10)16(18)19/h4-6,9H,3H2,1-2H3. The van der Waals surface area contributed by atoms with Crippen molar-refractivity contribution in [2.24, 2.45) is 0 Å². The van der Waals surface area contributed by atoms with Gasteiger partial charge in [-0.15, -0.1) is 0 Å². The van der Waals surface area contributed by atoms with E-state index >= 15 is 0 Å². The lowest BCUT2D eigenvalue weighted by atomic mass is 9.90. The average molecular weight is 275 g/mol. The number of benzene rings is 1.